The Kier molecular flexibility index (Phi) is 8.91. The van der Waals surface area contributed by atoms with Crippen LogP contribution >= 0.6 is 0 Å². The van der Waals surface area contributed by atoms with Gasteiger partial charge in [0.15, 0.2) is 12.4 Å². The summed E-state index contributed by atoms with van der Waals surface area (Å²) in [6.45, 7) is 0.820. The summed E-state index contributed by atoms with van der Waals surface area (Å²) in [7, 11) is 3.25. The van der Waals surface area contributed by atoms with E-state index in [1.54, 1.807) is 24.9 Å². The predicted octanol–water partition coefficient (Wildman–Crippen LogP) is 5.20. The number of nitrogens with zero attached hydrogens (tertiary/aromatic N) is 2. The van der Waals surface area contributed by atoms with Crippen molar-refractivity contribution in [3.63, 3.8) is 0 Å². The molecule has 4 aromatic rings. The molecule has 2 N–H and O–H groups in total. The number of para-hydroxylation sites is 1. The van der Waals surface area contributed by atoms with Gasteiger partial charge in [-0.15, -0.1) is 0 Å². The molecule has 3 aromatic carbocycles. The molecule has 0 fully saturated rings. The normalized spacial score (nSPS) is 10.4. The van der Waals surface area contributed by atoms with E-state index in [9.17, 15) is 9.59 Å². The van der Waals surface area contributed by atoms with Crippen molar-refractivity contribution in [3.05, 3.63) is 115 Å². The number of anilines is 1. The van der Waals surface area contributed by atoms with Gasteiger partial charge in [0.1, 0.15) is 12.4 Å². The van der Waals surface area contributed by atoms with Crippen LogP contribution in [0.4, 0.5) is 15.3 Å². The SMILES string of the molecule is CN(C)C(=O)OC[n+]1cccc(CNC(=O)Nc2ccc(COc3ccccc3-c3ccccc3)cc2)c1. The number of aromatic nitrogens is 1. The number of ether oxygens (including phenoxy) is 2. The predicted molar refractivity (Wildman–Crippen MR) is 145 cm³/mol. The standard InChI is InChI=1S/C30H30N4O4/c1-33(2)30(36)38-22-34-18-8-9-24(20-34)19-31-29(35)32-26-16-14-23(15-17-26)21-37-28-13-7-6-12-27(28)25-10-4-3-5-11-25/h3-18,20H,19,21-22H2,1-2H3,(H-,31,32,35)/p+1. The Morgan fingerprint density at radius 2 is 1.58 bits per heavy atom. The lowest BCUT2D eigenvalue weighted by Gasteiger charge is -2.12. The summed E-state index contributed by atoms with van der Waals surface area (Å²) in [5, 5.41) is 5.68. The lowest BCUT2D eigenvalue weighted by Crippen LogP contribution is -2.38. The molecule has 0 unspecified atom stereocenters. The van der Waals surface area contributed by atoms with Crippen molar-refractivity contribution >= 4 is 17.8 Å². The van der Waals surface area contributed by atoms with Gasteiger partial charge in [-0.2, -0.15) is 4.57 Å². The minimum Gasteiger partial charge on any atom is -0.488 e. The second-order valence-corrected chi connectivity index (χ2v) is 8.82. The molecule has 1 aromatic heterocycles. The fraction of sp³-hybridized carbons (Fsp3) is 0.167. The molecule has 8 nitrogen and oxygen atoms in total. The number of carbonyl (C=O) groups excluding carboxylic acids is 2. The number of urea groups is 1. The third-order valence-electron chi connectivity index (χ3n) is 5.65. The van der Waals surface area contributed by atoms with Gasteiger partial charge in [-0.1, -0.05) is 60.7 Å². The van der Waals surface area contributed by atoms with Gasteiger partial charge in [-0.3, -0.25) is 0 Å². The minimum atomic E-state index is -0.421. The van der Waals surface area contributed by atoms with Crippen LogP contribution in [-0.4, -0.2) is 31.1 Å². The van der Waals surface area contributed by atoms with Crippen molar-refractivity contribution in [2.24, 2.45) is 0 Å². The molecule has 8 heteroatoms. The molecule has 0 bridgehead atoms. The lowest BCUT2D eigenvalue weighted by molar-refractivity contribution is -0.727. The van der Waals surface area contributed by atoms with E-state index >= 15 is 0 Å². The second-order valence-electron chi connectivity index (χ2n) is 8.82. The van der Waals surface area contributed by atoms with E-state index < -0.39 is 6.09 Å². The molecule has 0 saturated carbocycles. The van der Waals surface area contributed by atoms with E-state index in [1.165, 1.54) is 4.90 Å². The molecule has 0 atom stereocenters. The molecule has 38 heavy (non-hydrogen) atoms. The van der Waals surface area contributed by atoms with Crippen molar-refractivity contribution in [1.29, 1.82) is 0 Å². The van der Waals surface area contributed by atoms with E-state index in [0.29, 0.717) is 18.8 Å². The van der Waals surface area contributed by atoms with Crippen LogP contribution in [0.1, 0.15) is 11.1 Å². The van der Waals surface area contributed by atoms with Gasteiger partial charge < -0.3 is 25.0 Å². The molecule has 194 valence electrons. The second kappa shape index (κ2) is 12.9. The van der Waals surface area contributed by atoms with Crippen LogP contribution in [0, 0.1) is 0 Å². The Hall–Kier alpha value is -4.85. The average molecular weight is 512 g/mol. The first-order valence-electron chi connectivity index (χ1n) is 12.2. The highest BCUT2D eigenvalue weighted by Crippen LogP contribution is 2.30. The Labute approximate surface area is 222 Å². The van der Waals surface area contributed by atoms with E-state index in [1.807, 2.05) is 85.1 Å². The van der Waals surface area contributed by atoms with Crippen LogP contribution in [0.5, 0.6) is 5.75 Å². The number of carbonyl (C=O) groups is 2. The fourth-order valence-electron chi connectivity index (χ4n) is 3.67. The summed E-state index contributed by atoms with van der Waals surface area (Å²) in [6, 6.07) is 29.0. The number of hydrogen-bond donors (Lipinski definition) is 2. The Morgan fingerprint density at radius 3 is 2.34 bits per heavy atom. The summed E-state index contributed by atoms with van der Waals surface area (Å²) in [5.74, 6) is 0.818. The van der Waals surface area contributed by atoms with E-state index in [2.05, 4.69) is 22.8 Å². The first kappa shape index (κ1) is 26.2. The van der Waals surface area contributed by atoms with Crippen LogP contribution < -0.4 is 19.9 Å². The van der Waals surface area contributed by atoms with Gasteiger partial charge in [-0.05, 0) is 35.4 Å². The molecule has 0 aliphatic heterocycles. The van der Waals surface area contributed by atoms with Crippen LogP contribution in [0.25, 0.3) is 11.1 Å². The topological polar surface area (TPSA) is 83.8 Å². The number of benzene rings is 3. The molecule has 0 aliphatic rings. The summed E-state index contributed by atoms with van der Waals surface area (Å²) in [6.07, 6.45) is 3.18. The first-order chi connectivity index (χ1) is 18.5. The molecule has 3 amide bonds. The van der Waals surface area contributed by atoms with E-state index in [0.717, 1.165) is 28.0 Å². The maximum absolute atomic E-state index is 12.4. The maximum atomic E-state index is 12.4. The van der Waals surface area contributed by atoms with Gasteiger partial charge in [0.2, 0.25) is 0 Å². The Balaban J connectivity index is 1.26. The summed E-state index contributed by atoms with van der Waals surface area (Å²) >= 11 is 0. The van der Waals surface area contributed by atoms with Crippen LogP contribution in [-0.2, 0) is 24.6 Å². The summed E-state index contributed by atoms with van der Waals surface area (Å²) in [4.78, 5) is 25.4. The minimum absolute atomic E-state index is 0.0882. The van der Waals surface area contributed by atoms with Crippen molar-refractivity contribution < 1.29 is 23.6 Å². The number of rotatable bonds is 9. The van der Waals surface area contributed by atoms with E-state index in [-0.39, 0.29) is 12.8 Å². The van der Waals surface area contributed by atoms with Gasteiger partial charge in [-0.25, -0.2) is 9.59 Å². The molecule has 1 heterocycles. The van der Waals surface area contributed by atoms with Gasteiger partial charge in [0, 0.05) is 37.0 Å². The third kappa shape index (κ3) is 7.57. The average Bonchev–Trinajstić information content (AvgIpc) is 2.95. The zero-order valence-electron chi connectivity index (χ0n) is 21.5. The van der Waals surface area contributed by atoms with E-state index in [4.69, 9.17) is 9.47 Å². The van der Waals surface area contributed by atoms with Gasteiger partial charge in [0.25, 0.3) is 6.73 Å². The van der Waals surface area contributed by atoms with Crippen molar-refractivity contribution in [3.8, 4) is 16.9 Å². The molecular formula is C30H31N4O4+. The van der Waals surface area contributed by atoms with Crippen LogP contribution in [0.3, 0.4) is 0 Å². The largest absolute Gasteiger partial charge is 0.488 e. The van der Waals surface area contributed by atoms with Crippen molar-refractivity contribution in [1.82, 2.24) is 10.2 Å². The highest BCUT2D eigenvalue weighted by Gasteiger charge is 2.10. The number of nitrogens with one attached hydrogen (secondary N) is 2. The smallest absolute Gasteiger partial charge is 0.414 e. The first-order valence-corrected chi connectivity index (χ1v) is 12.2. The quantitative estimate of drug-likeness (QED) is 0.303. The summed E-state index contributed by atoms with van der Waals surface area (Å²) in [5.41, 5.74) is 4.68. The maximum Gasteiger partial charge on any atom is 0.414 e. The molecule has 4 rings (SSSR count). The number of amides is 3. The molecule has 0 saturated heterocycles. The molecule has 0 radical (unpaired) electrons. The molecular weight excluding hydrogens is 480 g/mol. The Morgan fingerprint density at radius 1 is 0.842 bits per heavy atom. The zero-order chi connectivity index (χ0) is 26.7. The Bertz CT molecular complexity index is 1360. The fourth-order valence-corrected chi connectivity index (χ4v) is 3.67. The van der Waals surface area contributed by atoms with Crippen LogP contribution in [0.15, 0.2) is 103 Å². The van der Waals surface area contributed by atoms with Crippen molar-refractivity contribution in [2.75, 3.05) is 19.4 Å². The van der Waals surface area contributed by atoms with Gasteiger partial charge >= 0.3 is 12.1 Å². The lowest BCUT2D eigenvalue weighted by atomic mass is 10.0. The highest BCUT2D eigenvalue weighted by molar-refractivity contribution is 5.89. The number of hydrogen-bond acceptors (Lipinski definition) is 4. The highest BCUT2D eigenvalue weighted by atomic mass is 16.6. The summed E-state index contributed by atoms with van der Waals surface area (Å²) < 4.78 is 13.0. The van der Waals surface area contributed by atoms with Crippen molar-refractivity contribution in [2.45, 2.75) is 19.9 Å². The third-order valence-corrected chi connectivity index (χ3v) is 5.65. The van der Waals surface area contributed by atoms with Crippen LogP contribution in [0.2, 0.25) is 0 Å². The monoisotopic (exact) mass is 511 g/mol. The zero-order valence-corrected chi connectivity index (χ0v) is 21.5. The van der Waals surface area contributed by atoms with Gasteiger partial charge in [0.05, 0.1) is 6.54 Å². The molecule has 0 spiro atoms. The number of pyridine rings is 1. The molecule has 0 aliphatic carbocycles.